The van der Waals surface area contributed by atoms with Crippen LogP contribution in [0.5, 0.6) is 0 Å². The van der Waals surface area contributed by atoms with Crippen molar-refractivity contribution >= 4 is 0 Å². The molecule has 0 aromatic rings. The molecular weight excluding hydrogens is 158 g/mol. The molecule has 4 nitrogen and oxygen atoms in total. The lowest BCUT2D eigenvalue weighted by atomic mass is 10.3. The summed E-state index contributed by atoms with van der Waals surface area (Å²) in [5.74, 6) is 0. The molecule has 1 radical (unpaired) electrons. The van der Waals surface area contributed by atoms with Gasteiger partial charge in [-0.25, -0.2) is 5.11 Å². The predicted octanol–water partition coefficient (Wildman–Crippen LogP) is 0.158. The number of rotatable bonds is 4. The van der Waals surface area contributed by atoms with Gasteiger partial charge >= 0.3 is 0 Å². The summed E-state index contributed by atoms with van der Waals surface area (Å²) >= 11 is 0. The largest absolute Gasteiger partial charge is 0.373 e. The zero-order chi connectivity index (χ0) is 8.81. The summed E-state index contributed by atoms with van der Waals surface area (Å²) in [5, 5.41) is 14.0. The Balaban J connectivity index is 2.05. The fourth-order valence-electron chi connectivity index (χ4n) is 1.06. The van der Waals surface area contributed by atoms with Crippen LogP contribution in [-0.2, 0) is 14.6 Å². The summed E-state index contributed by atoms with van der Waals surface area (Å²) in [6.45, 7) is 4.62. The molecule has 71 valence electrons. The minimum atomic E-state index is -0.893. The maximum atomic E-state index is 10.8. The van der Waals surface area contributed by atoms with E-state index in [1.54, 1.807) is 0 Å². The van der Waals surface area contributed by atoms with Crippen molar-refractivity contribution in [1.82, 2.24) is 5.32 Å². The molecule has 1 saturated heterocycles. The van der Waals surface area contributed by atoms with Crippen molar-refractivity contribution in [2.75, 3.05) is 26.3 Å². The summed E-state index contributed by atoms with van der Waals surface area (Å²) in [5.41, 5.74) is 0. The van der Waals surface area contributed by atoms with Crippen LogP contribution < -0.4 is 5.32 Å². The van der Waals surface area contributed by atoms with Gasteiger partial charge in [0.1, 0.15) is 0 Å². The normalized spacial score (nSPS) is 27.0. The molecule has 0 saturated carbocycles. The van der Waals surface area contributed by atoms with E-state index in [1.165, 1.54) is 0 Å². The molecule has 1 fully saturated rings. The molecule has 0 spiro atoms. The first-order chi connectivity index (χ1) is 5.83. The highest BCUT2D eigenvalue weighted by Crippen LogP contribution is 2.00. The van der Waals surface area contributed by atoms with E-state index >= 15 is 0 Å². The second kappa shape index (κ2) is 5.48. The molecule has 12 heavy (non-hydrogen) atoms. The minimum absolute atomic E-state index is 0.0572. The van der Waals surface area contributed by atoms with Gasteiger partial charge in [-0.15, -0.1) is 0 Å². The van der Waals surface area contributed by atoms with Crippen LogP contribution in [0.4, 0.5) is 0 Å². The van der Waals surface area contributed by atoms with Crippen molar-refractivity contribution in [2.24, 2.45) is 0 Å². The first-order valence-electron chi connectivity index (χ1n) is 4.42. The van der Waals surface area contributed by atoms with Crippen molar-refractivity contribution in [3.8, 4) is 0 Å². The van der Waals surface area contributed by atoms with E-state index in [-0.39, 0.29) is 6.10 Å². The Bertz CT molecular complexity index is 115. The lowest BCUT2D eigenvalue weighted by Gasteiger charge is -2.23. The van der Waals surface area contributed by atoms with Crippen molar-refractivity contribution in [3.63, 3.8) is 0 Å². The van der Waals surface area contributed by atoms with Gasteiger partial charge in [0.15, 0.2) is 6.29 Å². The Hall–Kier alpha value is -0.160. The Morgan fingerprint density at radius 3 is 3.17 bits per heavy atom. The number of nitrogens with one attached hydrogen (secondary N) is 1. The van der Waals surface area contributed by atoms with Crippen molar-refractivity contribution in [3.05, 3.63) is 0 Å². The third kappa shape index (κ3) is 3.49. The van der Waals surface area contributed by atoms with Crippen LogP contribution in [0.3, 0.4) is 0 Å². The van der Waals surface area contributed by atoms with Crippen LogP contribution in [0, 0.1) is 0 Å². The molecule has 1 aliphatic heterocycles. The summed E-state index contributed by atoms with van der Waals surface area (Å²) in [6, 6.07) is 0. The van der Waals surface area contributed by atoms with Gasteiger partial charge in [0.05, 0.1) is 19.3 Å². The van der Waals surface area contributed by atoms with E-state index < -0.39 is 6.29 Å². The predicted molar refractivity (Wildman–Crippen MR) is 43.3 cm³/mol. The first kappa shape index (κ1) is 9.92. The monoisotopic (exact) mass is 174 g/mol. The topological polar surface area (TPSA) is 50.4 Å². The number of hydrogen-bond acceptors (Lipinski definition) is 3. The Labute approximate surface area is 72.9 Å². The zero-order valence-corrected chi connectivity index (χ0v) is 7.41. The summed E-state index contributed by atoms with van der Waals surface area (Å²) < 4.78 is 10.4. The molecule has 1 N–H and O–H groups in total. The molecule has 4 heteroatoms. The summed E-state index contributed by atoms with van der Waals surface area (Å²) in [6.07, 6.45) is -0.322. The number of ether oxygens (including phenoxy) is 2. The molecule has 2 atom stereocenters. The number of hydrogen-bond donors (Lipinski definition) is 1. The smallest absolute Gasteiger partial charge is 0.191 e. The lowest BCUT2D eigenvalue weighted by Crippen LogP contribution is -2.41. The van der Waals surface area contributed by atoms with Gasteiger partial charge in [-0.2, -0.15) is 0 Å². The average Bonchev–Trinajstić information content (AvgIpc) is 2.16. The van der Waals surface area contributed by atoms with Gasteiger partial charge in [0, 0.05) is 13.1 Å². The highest BCUT2D eigenvalue weighted by molar-refractivity contribution is 4.65. The van der Waals surface area contributed by atoms with E-state index in [2.05, 4.69) is 5.32 Å². The standard InChI is InChI=1S/C8H16NO3/c1-2-8(10)12-6-7-5-9-3-4-11-7/h7-9H,2-6H2,1H3. The van der Waals surface area contributed by atoms with Crippen LogP contribution in [0.2, 0.25) is 0 Å². The molecule has 0 aromatic heterocycles. The van der Waals surface area contributed by atoms with E-state index in [0.29, 0.717) is 19.6 Å². The molecule has 2 unspecified atom stereocenters. The van der Waals surface area contributed by atoms with Crippen molar-refractivity contribution in [2.45, 2.75) is 25.7 Å². The van der Waals surface area contributed by atoms with E-state index in [4.69, 9.17) is 9.47 Å². The molecule has 0 aromatic carbocycles. The summed E-state index contributed by atoms with van der Waals surface area (Å²) in [7, 11) is 0. The summed E-state index contributed by atoms with van der Waals surface area (Å²) in [4.78, 5) is 0. The lowest BCUT2D eigenvalue weighted by molar-refractivity contribution is -0.165. The third-order valence-electron chi connectivity index (χ3n) is 1.81. The maximum absolute atomic E-state index is 10.8. The SMILES string of the molecule is CCC([O])OCC1CNCCO1. The minimum Gasteiger partial charge on any atom is -0.373 e. The zero-order valence-electron chi connectivity index (χ0n) is 7.41. The third-order valence-corrected chi connectivity index (χ3v) is 1.81. The van der Waals surface area contributed by atoms with Gasteiger partial charge in [-0.3, -0.25) is 0 Å². The van der Waals surface area contributed by atoms with E-state index in [0.717, 1.165) is 13.1 Å². The van der Waals surface area contributed by atoms with Gasteiger partial charge in [0.2, 0.25) is 0 Å². The van der Waals surface area contributed by atoms with Crippen LogP contribution in [0.25, 0.3) is 0 Å². The molecule has 0 bridgehead atoms. The van der Waals surface area contributed by atoms with Crippen LogP contribution in [0.1, 0.15) is 13.3 Å². The van der Waals surface area contributed by atoms with Gasteiger partial charge in [-0.05, 0) is 6.42 Å². The molecule has 1 aliphatic rings. The average molecular weight is 174 g/mol. The highest BCUT2D eigenvalue weighted by Gasteiger charge is 2.14. The molecular formula is C8H16NO3. The highest BCUT2D eigenvalue weighted by atomic mass is 16.6. The maximum Gasteiger partial charge on any atom is 0.191 e. The first-order valence-corrected chi connectivity index (χ1v) is 4.42. The fraction of sp³-hybridized carbons (Fsp3) is 1.00. The molecule has 0 aliphatic carbocycles. The molecule has 1 rings (SSSR count). The number of morpholine rings is 1. The van der Waals surface area contributed by atoms with E-state index in [1.807, 2.05) is 6.92 Å². The Morgan fingerprint density at radius 2 is 2.58 bits per heavy atom. The van der Waals surface area contributed by atoms with Gasteiger partial charge in [-0.1, -0.05) is 6.92 Å². The Morgan fingerprint density at radius 1 is 1.75 bits per heavy atom. The van der Waals surface area contributed by atoms with Gasteiger partial charge < -0.3 is 14.8 Å². The van der Waals surface area contributed by atoms with Crippen LogP contribution in [-0.4, -0.2) is 38.7 Å². The van der Waals surface area contributed by atoms with Crippen molar-refractivity contribution < 1.29 is 14.6 Å². The van der Waals surface area contributed by atoms with Gasteiger partial charge in [0.25, 0.3) is 0 Å². The van der Waals surface area contributed by atoms with E-state index in [9.17, 15) is 5.11 Å². The second-order valence-electron chi connectivity index (χ2n) is 2.87. The van der Waals surface area contributed by atoms with Crippen LogP contribution in [0.15, 0.2) is 0 Å². The Kier molecular flexibility index (Phi) is 4.53. The fourth-order valence-corrected chi connectivity index (χ4v) is 1.06. The second-order valence-corrected chi connectivity index (χ2v) is 2.87. The molecule has 0 amide bonds. The van der Waals surface area contributed by atoms with Crippen LogP contribution >= 0.6 is 0 Å². The van der Waals surface area contributed by atoms with Crippen molar-refractivity contribution in [1.29, 1.82) is 0 Å². The quantitative estimate of drug-likeness (QED) is 0.617. The molecule has 1 heterocycles.